The number of pyridine rings is 1. The van der Waals surface area contributed by atoms with Crippen LogP contribution in [0, 0.1) is 11.7 Å². The van der Waals surface area contributed by atoms with Crippen LogP contribution < -0.4 is 4.74 Å². The van der Waals surface area contributed by atoms with E-state index in [1.165, 1.54) is 24.4 Å². The van der Waals surface area contributed by atoms with Gasteiger partial charge in [0.05, 0.1) is 29.4 Å². The number of imidazole rings is 1. The van der Waals surface area contributed by atoms with Crippen molar-refractivity contribution >= 4 is 32.7 Å². The van der Waals surface area contributed by atoms with E-state index in [2.05, 4.69) is 20.3 Å². The van der Waals surface area contributed by atoms with Crippen molar-refractivity contribution in [2.24, 2.45) is 13.0 Å². The average molecular weight is 456 g/mol. The van der Waals surface area contributed by atoms with Gasteiger partial charge in [-0.15, -0.1) is 5.10 Å². The van der Waals surface area contributed by atoms with Gasteiger partial charge in [0.25, 0.3) is 0 Å². The summed E-state index contributed by atoms with van der Waals surface area (Å²) in [6.07, 6.45) is 0.373. The summed E-state index contributed by atoms with van der Waals surface area (Å²) in [5.41, 5.74) is 0.107. The van der Waals surface area contributed by atoms with Gasteiger partial charge in [-0.25, -0.2) is 9.37 Å². The van der Waals surface area contributed by atoms with Crippen molar-refractivity contribution in [3.05, 3.63) is 42.2 Å². The number of nitrogens with one attached hydrogen (secondary N) is 1. The standard InChI is InChI=1S/C22H16F4N6O/c1-32-9-28-19-18-15(12(4-5-27-18)17-21(22(24,25)26)30-31-29-17)13-6-11(23)7-14(16(13)20(19)32)33-8-10-2-3-10/h4-7,9-10H,2-3,8H2,1H3,(H,29,30,31). The van der Waals surface area contributed by atoms with Crippen LogP contribution in [0.5, 0.6) is 5.75 Å². The second kappa shape index (κ2) is 6.87. The van der Waals surface area contributed by atoms with E-state index >= 15 is 0 Å². The summed E-state index contributed by atoms with van der Waals surface area (Å²) in [6.45, 7) is 0.442. The van der Waals surface area contributed by atoms with E-state index in [-0.39, 0.29) is 5.56 Å². The monoisotopic (exact) mass is 456 g/mol. The van der Waals surface area contributed by atoms with Crippen molar-refractivity contribution in [3.8, 4) is 17.0 Å². The number of benzene rings is 2. The topological polar surface area (TPSA) is 81.5 Å². The molecule has 1 N–H and O–H groups in total. The van der Waals surface area contributed by atoms with Gasteiger partial charge in [-0.05, 0) is 30.9 Å². The number of halogens is 4. The van der Waals surface area contributed by atoms with Crippen molar-refractivity contribution in [3.63, 3.8) is 0 Å². The highest BCUT2D eigenvalue weighted by atomic mass is 19.4. The van der Waals surface area contributed by atoms with Crippen molar-refractivity contribution in [1.29, 1.82) is 0 Å². The first-order valence-corrected chi connectivity index (χ1v) is 10.3. The summed E-state index contributed by atoms with van der Waals surface area (Å²) < 4.78 is 63.4. The number of ether oxygens (including phenoxy) is 1. The number of hydrogen-bond donors (Lipinski definition) is 1. The maximum Gasteiger partial charge on any atom is 0.435 e. The highest BCUT2D eigenvalue weighted by Gasteiger charge is 2.38. The molecule has 7 nitrogen and oxygen atoms in total. The van der Waals surface area contributed by atoms with E-state index in [1.807, 2.05) is 5.10 Å². The lowest BCUT2D eigenvalue weighted by molar-refractivity contribution is -0.140. The van der Waals surface area contributed by atoms with Crippen LogP contribution in [0.15, 0.2) is 30.7 Å². The number of aryl methyl sites for hydroxylation is 1. The van der Waals surface area contributed by atoms with E-state index in [1.54, 1.807) is 17.9 Å². The summed E-state index contributed by atoms with van der Waals surface area (Å²) in [5.74, 6) is 0.174. The molecular weight excluding hydrogens is 440 g/mol. The minimum absolute atomic E-state index is 0.123. The molecular formula is C22H16F4N6O. The van der Waals surface area contributed by atoms with Crippen LogP contribution in [0.3, 0.4) is 0 Å². The number of aromatic nitrogens is 6. The van der Waals surface area contributed by atoms with Crippen LogP contribution >= 0.6 is 0 Å². The quantitative estimate of drug-likeness (QED) is 0.304. The zero-order chi connectivity index (χ0) is 22.9. The smallest absolute Gasteiger partial charge is 0.435 e. The molecule has 2 aromatic carbocycles. The molecule has 11 heteroatoms. The second-order valence-electron chi connectivity index (χ2n) is 8.25. The molecule has 1 saturated carbocycles. The van der Waals surface area contributed by atoms with Gasteiger partial charge in [-0.3, -0.25) is 10.1 Å². The summed E-state index contributed by atoms with van der Waals surface area (Å²) >= 11 is 0. The van der Waals surface area contributed by atoms with E-state index in [0.717, 1.165) is 12.8 Å². The fraction of sp³-hybridized carbons (Fsp3) is 0.273. The molecule has 5 aromatic rings. The molecule has 0 aliphatic heterocycles. The molecule has 0 atom stereocenters. The van der Waals surface area contributed by atoms with Crippen molar-refractivity contribution in [2.45, 2.75) is 19.0 Å². The number of fused-ring (bicyclic) bond motifs is 6. The summed E-state index contributed by atoms with van der Waals surface area (Å²) in [4.78, 5) is 8.85. The predicted molar refractivity (Wildman–Crippen MR) is 112 cm³/mol. The first-order chi connectivity index (χ1) is 15.8. The Kier molecular flexibility index (Phi) is 4.14. The Hall–Kier alpha value is -3.76. The fourth-order valence-corrected chi connectivity index (χ4v) is 4.25. The molecule has 0 amide bonds. The maximum atomic E-state index is 14.8. The second-order valence-corrected chi connectivity index (χ2v) is 8.25. The summed E-state index contributed by atoms with van der Waals surface area (Å²) in [7, 11) is 1.79. The molecule has 0 spiro atoms. The first kappa shape index (κ1) is 19.9. The van der Waals surface area contributed by atoms with Crippen LogP contribution in [0.25, 0.3) is 44.0 Å². The zero-order valence-electron chi connectivity index (χ0n) is 17.2. The maximum absolute atomic E-state index is 14.8. The third kappa shape index (κ3) is 3.10. The van der Waals surface area contributed by atoms with Crippen molar-refractivity contribution in [1.82, 2.24) is 29.9 Å². The Morgan fingerprint density at radius 1 is 1.15 bits per heavy atom. The fourth-order valence-electron chi connectivity index (χ4n) is 4.25. The van der Waals surface area contributed by atoms with Crippen LogP contribution in [0.2, 0.25) is 0 Å². The lowest BCUT2D eigenvalue weighted by Crippen LogP contribution is -2.07. The number of hydrogen-bond acceptors (Lipinski definition) is 5. The van der Waals surface area contributed by atoms with Gasteiger partial charge in [0, 0.05) is 35.6 Å². The molecule has 0 radical (unpaired) electrons. The Morgan fingerprint density at radius 2 is 1.97 bits per heavy atom. The molecule has 1 fully saturated rings. The Morgan fingerprint density at radius 3 is 2.73 bits per heavy atom. The van der Waals surface area contributed by atoms with Crippen LogP contribution in [0.4, 0.5) is 17.6 Å². The Balaban J connectivity index is 1.76. The third-order valence-electron chi connectivity index (χ3n) is 5.94. The minimum Gasteiger partial charge on any atom is -0.492 e. The minimum atomic E-state index is -4.71. The van der Waals surface area contributed by atoms with Crippen molar-refractivity contribution in [2.75, 3.05) is 6.61 Å². The van der Waals surface area contributed by atoms with Gasteiger partial charge in [0.15, 0.2) is 5.69 Å². The molecule has 1 aliphatic carbocycles. The van der Waals surface area contributed by atoms with Crippen LogP contribution in [-0.2, 0) is 13.2 Å². The van der Waals surface area contributed by atoms with Gasteiger partial charge < -0.3 is 9.30 Å². The third-order valence-corrected chi connectivity index (χ3v) is 5.94. The van der Waals surface area contributed by atoms with Gasteiger partial charge in [-0.1, -0.05) is 5.21 Å². The molecule has 1 aliphatic rings. The van der Waals surface area contributed by atoms with Crippen molar-refractivity contribution < 1.29 is 22.3 Å². The molecule has 0 saturated heterocycles. The summed E-state index contributed by atoms with van der Waals surface area (Å²) in [5, 5.41) is 10.2. The number of alkyl halides is 3. The predicted octanol–water partition coefficient (Wildman–Crippen LogP) is 5.01. The molecule has 3 heterocycles. The molecule has 168 valence electrons. The van der Waals surface area contributed by atoms with E-state index in [9.17, 15) is 17.6 Å². The normalized spacial score (nSPS) is 14.6. The number of nitrogens with zero attached hydrogens (tertiary/aromatic N) is 5. The lowest BCUT2D eigenvalue weighted by atomic mass is 9.96. The number of H-pyrrole nitrogens is 1. The number of aromatic amines is 1. The van der Waals surface area contributed by atoms with Crippen LogP contribution in [-0.4, -0.2) is 36.6 Å². The number of rotatable bonds is 4. The van der Waals surface area contributed by atoms with Gasteiger partial charge in [-0.2, -0.15) is 13.2 Å². The summed E-state index contributed by atoms with van der Waals surface area (Å²) in [6, 6.07) is 4.00. The van der Waals surface area contributed by atoms with Gasteiger partial charge >= 0.3 is 6.18 Å². The highest BCUT2D eigenvalue weighted by molar-refractivity contribution is 6.26. The van der Waals surface area contributed by atoms with E-state index in [0.29, 0.717) is 51.0 Å². The van der Waals surface area contributed by atoms with E-state index in [4.69, 9.17) is 4.74 Å². The highest BCUT2D eigenvalue weighted by Crippen LogP contribution is 2.44. The first-order valence-electron chi connectivity index (χ1n) is 10.3. The lowest BCUT2D eigenvalue weighted by Gasteiger charge is -2.15. The Bertz CT molecular complexity index is 1550. The zero-order valence-corrected chi connectivity index (χ0v) is 17.2. The molecule has 6 rings (SSSR count). The average Bonchev–Trinajstić information content (AvgIpc) is 3.31. The SMILES string of the molecule is Cn1cnc2c3nccc(-c4nn[nH]c4C(F)(F)F)c3c3cc(F)cc(OCC4CC4)c3c21. The van der Waals surface area contributed by atoms with Gasteiger partial charge in [0.2, 0.25) is 0 Å². The van der Waals surface area contributed by atoms with Crippen LogP contribution in [0.1, 0.15) is 18.5 Å². The van der Waals surface area contributed by atoms with Gasteiger partial charge in [0.1, 0.15) is 22.8 Å². The molecule has 3 aromatic heterocycles. The largest absolute Gasteiger partial charge is 0.492 e. The molecule has 0 bridgehead atoms. The molecule has 33 heavy (non-hydrogen) atoms. The van der Waals surface area contributed by atoms with E-state index < -0.39 is 23.4 Å². The molecule has 0 unspecified atom stereocenters. The Labute approximate surface area is 183 Å².